The summed E-state index contributed by atoms with van der Waals surface area (Å²) < 4.78 is 57.9. The Labute approximate surface area is 241 Å². The number of esters is 1. The molecule has 5 rings (SSSR count). The lowest BCUT2D eigenvalue weighted by Crippen LogP contribution is -2.12. The third kappa shape index (κ3) is 6.54. The highest BCUT2D eigenvalue weighted by Gasteiger charge is 2.33. The van der Waals surface area contributed by atoms with E-state index in [2.05, 4.69) is 9.72 Å². The topological polar surface area (TPSA) is 57.7 Å². The molecule has 0 atom stereocenters. The van der Waals surface area contributed by atoms with Crippen molar-refractivity contribution >= 4 is 16.9 Å². The van der Waals surface area contributed by atoms with E-state index >= 15 is 0 Å². The maximum Gasteiger partial charge on any atom is 0.418 e. The Kier molecular flexibility index (Phi) is 8.43. The number of ether oxygens (including phenoxy) is 3. The standard InChI is InChI=1S/C34H28F3NO4/c1-22-8-3-4-10-24(22)17-26-19-38-33-29(14-7-15-30(33)34(35,36)37)32(26)25-11-6-13-28(18-25)41-20-23-9-5-12-27(16-23)42-21-31(39)40-2/h3-16,18-19H,17,20-21H2,1-2H3. The van der Waals surface area contributed by atoms with Crippen molar-refractivity contribution < 1.29 is 32.2 Å². The second kappa shape index (κ2) is 12.3. The van der Waals surface area contributed by atoms with Gasteiger partial charge in [-0.1, -0.05) is 60.7 Å². The van der Waals surface area contributed by atoms with E-state index in [-0.39, 0.29) is 18.7 Å². The van der Waals surface area contributed by atoms with Crippen LogP contribution in [0.2, 0.25) is 0 Å². The molecule has 0 bridgehead atoms. The summed E-state index contributed by atoms with van der Waals surface area (Å²) in [6.07, 6.45) is -2.49. The van der Waals surface area contributed by atoms with Gasteiger partial charge in [0.25, 0.3) is 0 Å². The number of benzene rings is 4. The first-order chi connectivity index (χ1) is 20.2. The van der Waals surface area contributed by atoms with Gasteiger partial charge in [-0.25, -0.2) is 4.79 Å². The average molecular weight is 572 g/mol. The van der Waals surface area contributed by atoms with Crippen molar-refractivity contribution in [2.45, 2.75) is 26.1 Å². The molecule has 0 amide bonds. The van der Waals surface area contributed by atoms with Crippen molar-refractivity contribution in [1.29, 1.82) is 0 Å². The predicted molar refractivity (Wildman–Crippen MR) is 154 cm³/mol. The van der Waals surface area contributed by atoms with E-state index < -0.39 is 17.7 Å². The van der Waals surface area contributed by atoms with Crippen LogP contribution in [0.4, 0.5) is 13.2 Å². The van der Waals surface area contributed by atoms with Gasteiger partial charge in [0, 0.05) is 11.6 Å². The van der Waals surface area contributed by atoms with Crippen LogP contribution < -0.4 is 9.47 Å². The Hall–Kier alpha value is -4.85. The molecular formula is C34H28F3NO4. The third-order valence-corrected chi connectivity index (χ3v) is 6.93. The Balaban J connectivity index is 1.50. The number of methoxy groups -OCH3 is 1. The summed E-state index contributed by atoms with van der Waals surface area (Å²) in [4.78, 5) is 15.7. The number of rotatable bonds is 9. The lowest BCUT2D eigenvalue weighted by Gasteiger charge is -2.17. The number of nitrogens with zero attached hydrogens (tertiary/aromatic N) is 1. The highest BCUT2D eigenvalue weighted by molar-refractivity contribution is 5.98. The minimum absolute atomic E-state index is 0.0939. The van der Waals surface area contributed by atoms with Gasteiger partial charge in [0.05, 0.1) is 18.2 Å². The lowest BCUT2D eigenvalue weighted by atomic mass is 9.91. The van der Waals surface area contributed by atoms with Crippen LogP contribution in [0.15, 0.2) is 97.2 Å². The summed E-state index contributed by atoms with van der Waals surface area (Å²) in [5.41, 5.74) is 4.30. The Bertz CT molecular complexity index is 1730. The molecule has 0 aliphatic carbocycles. The highest BCUT2D eigenvalue weighted by atomic mass is 19.4. The number of aromatic nitrogens is 1. The number of fused-ring (bicyclic) bond motifs is 1. The number of alkyl halides is 3. The molecule has 4 aromatic carbocycles. The second-order valence-electron chi connectivity index (χ2n) is 9.79. The van der Waals surface area contributed by atoms with Crippen LogP contribution in [0.1, 0.15) is 27.8 Å². The van der Waals surface area contributed by atoms with Gasteiger partial charge in [-0.05, 0) is 77.1 Å². The molecule has 0 aliphatic heterocycles. The van der Waals surface area contributed by atoms with E-state index in [0.717, 1.165) is 33.9 Å². The number of para-hydroxylation sites is 1. The summed E-state index contributed by atoms with van der Waals surface area (Å²) in [5, 5.41) is 0.420. The van der Waals surface area contributed by atoms with Gasteiger partial charge < -0.3 is 14.2 Å². The first kappa shape index (κ1) is 28.7. The van der Waals surface area contributed by atoms with Gasteiger partial charge in [-0.2, -0.15) is 13.2 Å². The van der Waals surface area contributed by atoms with Gasteiger partial charge in [-0.15, -0.1) is 0 Å². The van der Waals surface area contributed by atoms with E-state index in [4.69, 9.17) is 9.47 Å². The molecule has 0 N–H and O–H groups in total. The average Bonchev–Trinajstić information content (AvgIpc) is 2.99. The maximum absolute atomic E-state index is 13.9. The Morgan fingerprint density at radius 2 is 1.57 bits per heavy atom. The van der Waals surface area contributed by atoms with Gasteiger partial charge in [-0.3, -0.25) is 4.98 Å². The van der Waals surface area contributed by atoms with Gasteiger partial charge in [0.1, 0.15) is 18.1 Å². The number of hydrogen-bond acceptors (Lipinski definition) is 5. The number of halogens is 3. The van der Waals surface area contributed by atoms with Crippen molar-refractivity contribution in [2.75, 3.05) is 13.7 Å². The third-order valence-electron chi connectivity index (χ3n) is 6.93. The summed E-state index contributed by atoms with van der Waals surface area (Å²) in [7, 11) is 1.29. The normalized spacial score (nSPS) is 11.4. The zero-order valence-corrected chi connectivity index (χ0v) is 23.1. The summed E-state index contributed by atoms with van der Waals surface area (Å²) in [5.74, 6) is 0.563. The number of aryl methyl sites for hydroxylation is 1. The summed E-state index contributed by atoms with van der Waals surface area (Å²) in [6.45, 7) is 2.02. The molecule has 0 saturated heterocycles. The first-order valence-corrected chi connectivity index (χ1v) is 13.3. The SMILES string of the molecule is COC(=O)COc1cccc(COc2cccc(-c3c(Cc4ccccc4C)cnc4c(C(F)(F)F)cccc34)c2)c1. The van der Waals surface area contributed by atoms with E-state index in [9.17, 15) is 18.0 Å². The molecule has 0 radical (unpaired) electrons. The van der Waals surface area contributed by atoms with Crippen LogP contribution in [0.25, 0.3) is 22.0 Å². The van der Waals surface area contributed by atoms with Crippen LogP contribution in [-0.2, 0) is 28.7 Å². The Morgan fingerprint density at radius 3 is 2.33 bits per heavy atom. The van der Waals surface area contributed by atoms with Crippen molar-refractivity contribution in [1.82, 2.24) is 4.98 Å². The fraction of sp³-hybridized carbons (Fsp3) is 0.176. The van der Waals surface area contributed by atoms with E-state index in [0.29, 0.717) is 28.9 Å². The lowest BCUT2D eigenvalue weighted by molar-refractivity contribution is -0.143. The van der Waals surface area contributed by atoms with Crippen LogP contribution in [0.3, 0.4) is 0 Å². The van der Waals surface area contributed by atoms with Gasteiger partial charge in [0.2, 0.25) is 0 Å². The van der Waals surface area contributed by atoms with E-state index in [1.165, 1.54) is 13.2 Å². The fourth-order valence-electron chi connectivity index (χ4n) is 4.82. The van der Waals surface area contributed by atoms with Crippen LogP contribution in [-0.4, -0.2) is 24.7 Å². The van der Waals surface area contributed by atoms with Crippen molar-refractivity contribution in [3.63, 3.8) is 0 Å². The molecule has 0 fully saturated rings. The fourth-order valence-corrected chi connectivity index (χ4v) is 4.82. The van der Waals surface area contributed by atoms with E-state index in [1.54, 1.807) is 36.5 Å². The predicted octanol–water partition coefficient (Wildman–Crippen LogP) is 7.95. The highest BCUT2D eigenvalue weighted by Crippen LogP contribution is 2.40. The molecule has 0 unspecified atom stereocenters. The molecule has 0 spiro atoms. The zero-order chi connectivity index (χ0) is 29.7. The van der Waals surface area contributed by atoms with E-state index in [1.807, 2.05) is 55.5 Å². The number of pyridine rings is 1. The van der Waals surface area contributed by atoms with Crippen LogP contribution in [0, 0.1) is 6.92 Å². The molecule has 1 aromatic heterocycles. The van der Waals surface area contributed by atoms with Gasteiger partial charge in [0.15, 0.2) is 6.61 Å². The molecule has 42 heavy (non-hydrogen) atoms. The van der Waals surface area contributed by atoms with Gasteiger partial charge >= 0.3 is 12.1 Å². The first-order valence-electron chi connectivity index (χ1n) is 13.3. The second-order valence-corrected chi connectivity index (χ2v) is 9.79. The van der Waals surface area contributed by atoms with Crippen LogP contribution in [0.5, 0.6) is 11.5 Å². The molecular weight excluding hydrogens is 543 g/mol. The van der Waals surface area contributed by atoms with Crippen LogP contribution >= 0.6 is 0 Å². The quantitative estimate of drug-likeness (QED) is 0.168. The maximum atomic E-state index is 13.9. The number of carbonyl (C=O) groups is 1. The molecule has 0 saturated carbocycles. The minimum Gasteiger partial charge on any atom is -0.489 e. The zero-order valence-electron chi connectivity index (χ0n) is 23.1. The summed E-state index contributed by atoms with van der Waals surface area (Å²) >= 11 is 0. The number of hydrogen-bond donors (Lipinski definition) is 0. The monoisotopic (exact) mass is 571 g/mol. The largest absolute Gasteiger partial charge is 0.489 e. The molecule has 5 aromatic rings. The molecule has 0 aliphatic rings. The molecule has 1 heterocycles. The van der Waals surface area contributed by atoms with Crippen molar-refractivity contribution in [3.8, 4) is 22.6 Å². The Morgan fingerprint density at radius 1 is 0.833 bits per heavy atom. The molecule has 5 nitrogen and oxygen atoms in total. The summed E-state index contributed by atoms with van der Waals surface area (Å²) in [6, 6.07) is 26.5. The molecule has 214 valence electrons. The van der Waals surface area contributed by atoms with Crippen molar-refractivity contribution in [3.05, 3.63) is 125 Å². The minimum atomic E-state index is -4.54. The van der Waals surface area contributed by atoms with Crippen molar-refractivity contribution in [2.24, 2.45) is 0 Å². The number of carbonyl (C=O) groups excluding carboxylic acids is 1. The molecule has 8 heteroatoms. The smallest absolute Gasteiger partial charge is 0.418 e.